The molecule has 3 fully saturated rings. The Morgan fingerprint density at radius 1 is 1.00 bits per heavy atom. The summed E-state index contributed by atoms with van der Waals surface area (Å²) < 4.78 is 11.4. The van der Waals surface area contributed by atoms with Gasteiger partial charge in [0, 0.05) is 12.3 Å². The monoisotopic (exact) mass is 268 g/mol. The fourth-order valence-electron chi connectivity index (χ4n) is 3.66. The fourth-order valence-corrected chi connectivity index (χ4v) is 3.66. The minimum atomic E-state index is -0.723. The SMILES string of the molecule is O=C[C@@H]1[C@H](CCCCCCC(=O)O)[C@H]2O[C@@H]1[C@H]1O[C@H]12. The van der Waals surface area contributed by atoms with Crippen molar-refractivity contribution in [2.45, 2.75) is 62.9 Å². The van der Waals surface area contributed by atoms with E-state index < -0.39 is 5.97 Å². The van der Waals surface area contributed by atoms with Gasteiger partial charge in [0.15, 0.2) is 0 Å². The van der Waals surface area contributed by atoms with Gasteiger partial charge < -0.3 is 19.4 Å². The third-order valence-electron chi connectivity index (χ3n) is 4.65. The van der Waals surface area contributed by atoms with Crippen LogP contribution < -0.4 is 0 Å². The second-order valence-corrected chi connectivity index (χ2v) is 5.85. The number of unbranched alkanes of at least 4 members (excludes halogenated alkanes) is 3. The van der Waals surface area contributed by atoms with Crippen molar-refractivity contribution in [3.05, 3.63) is 0 Å². The highest BCUT2D eigenvalue weighted by Crippen LogP contribution is 2.54. The van der Waals surface area contributed by atoms with Gasteiger partial charge >= 0.3 is 5.97 Å². The minimum absolute atomic E-state index is 0.00418. The smallest absolute Gasteiger partial charge is 0.303 e. The maximum absolute atomic E-state index is 11.2. The molecule has 0 aromatic heterocycles. The third kappa shape index (κ3) is 2.41. The Morgan fingerprint density at radius 2 is 1.68 bits per heavy atom. The maximum atomic E-state index is 11.2. The lowest BCUT2D eigenvalue weighted by Gasteiger charge is -2.21. The van der Waals surface area contributed by atoms with Crippen molar-refractivity contribution in [2.24, 2.45) is 11.8 Å². The van der Waals surface area contributed by atoms with Crippen molar-refractivity contribution >= 4 is 12.3 Å². The molecule has 5 nitrogen and oxygen atoms in total. The Labute approximate surface area is 112 Å². The van der Waals surface area contributed by atoms with Crippen LogP contribution in [0.4, 0.5) is 0 Å². The van der Waals surface area contributed by atoms with E-state index in [1.54, 1.807) is 0 Å². The molecule has 0 aromatic rings. The quantitative estimate of drug-likeness (QED) is 0.409. The molecule has 0 saturated carbocycles. The lowest BCUT2D eigenvalue weighted by atomic mass is 9.77. The summed E-state index contributed by atoms with van der Waals surface area (Å²) in [5.74, 6) is -0.405. The molecule has 0 spiro atoms. The van der Waals surface area contributed by atoms with E-state index in [9.17, 15) is 9.59 Å². The largest absolute Gasteiger partial charge is 0.481 e. The van der Waals surface area contributed by atoms with E-state index in [0.717, 1.165) is 38.4 Å². The van der Waals surface area contributed by atoms with E-state index in [1.807, 2.05) is 0 Å². The van der Waals surface area contributed by atoms with Gasteiger partial charge in [0.25, 0.3) is 0 Å². The van der Waals surface area contributed by atoms with Crippen molar-refractivity contribution in [3.8, 4) is 0 Å². The predicted octanol–water partition coefficient (Wildman–Crippen LogP) is 1.39. The van der Waals surface area contributed by atoms with Gasteiger partial charge in [-0.2, -0.15) is 0 Å². The topological polar surface area (TPSA) is 76.1 Å². The van der Waals surface area contributed by atoms with Crippen LogP contribution in [0.1, 0.15) is 38.5 Å². The Kier molecular flexibility index (Phi) is 3.58. The molecular formula is C14H20O5. The molecular weight excluding hydrogens is 248 g/mol. The second-order valence-electron chi connectivity index (χ2n) is 5.85. The van der Waals surface area contributed by atoms with Crippen LogP contribution in [0.2, 0.25) is 0 Å². The molecule has 106 valence electrons. The van der Waals surface area contributed by atoms with Gasteiger partial charge in [0.2, 0.25) is 0 Å². The van der Waals surface area contributed by atoms with Gasteiger partial charge in [-0.15, -0.1) is 0 Å². The zero-order valence-electron chi connectivity index (χ0n) is 10.9. The minimum Gasteiger partial charge on any atom is -0.481 e. The first-order valence-corrected chi connectivity index (χ1v) is 7.20. The number of carboxylic acid groups (broad SMARTS) is 1. The average Bonchev–Trinajstić information content (AvgIpc) is 3.01. The molecule has 2 bridgehead atoms. The van der Waals surface area contributed by atoms with Gasteiger partial charge in [0.05, 0.1) is 12.2 Å². The van der Waals surface area contributed by atoms with Gasteiger partial charge in [-0.05, 0) is 18.8 Å². The van der Waals surface area contributed by atoms with Gasteiger partial charge in [-0.25, -0.2) is 0 Å². The zero-order valence-corrected chi connectivity index (χ0v) is 10.9. The van der Waals surface area contributed by atoms with E-state index in [0.29, 0.717) is 5.92 Å². The molecule has 5 heteroatoms. The zero-order chi connectivity index (χ0) is 13.4. The van der Waals surface area contributed by atoms with E-state index in [-0.39, 0.29) is 36.8 Å². The standard InChI is InChI=1S/C14H20O5/c15-7-9-8(5-3-1-2-4-6-10(16)17)11-13-14(19-13)12(9)18-11/h7-9,11-14H,1-6H2,(H,16,17)/t8-,9+,11+,12-,13-,14+/m0/s1. The predicted molar refractivity (Wildman–Crippen MR) is 65.7 cm³/mol. The van der Waals surface area contributed by atoms with Gasteiger partial charge in [-0.1, -0.05) is 19.3 Å². The van der Waals surface area contributed by atoms with E-state index in [1.165, 1.54) is 0 Å². The first-order valence-electron chi connectivity index (χ1n) is 7.20. The maximum Gasteiger partial charge on any atom is 0.303 e. The lowest BCUT2D eigenvalue weighted by molar-refractivity contribution is -0.137. The van der Waals surface area contributed by atoms with Crippen LogP contribution >= 0.6 is 0 Å². The summed E-state index contributed by atoms with van der Waals surface area (Å²) >= 11 is 0. The molecule has 3 rings (SSSR count). The molecule has 6 atom stereocenters. The number of fused-ring (bicyclic) bond motifs is 5. The molecule has 0 radical (unpaired) electrons. The molecule has 0 aromatic carbocycles. The van der Waals surface area contributed by atoms with Crippen molar-refractivity contribution < 1.29 is 24.2 Å². The first kappa shape index (κ1) is 13.1. The molecule has 3 aliphatic heterocycles. The Hall–Kier alpha value is -0.940. The molecule has 3 saturated heterocycles. The van der Waals surface area contributed by atoms with Crippen LogP contribution in [-0.2, 0) is 19.1 Å². The van der Waals surface area contributed by atoms with Crippen LogP contribution in [0.3, 0.4) is 0 Å². The van der Waals surface area contributed by atoms with Crippen LogP contribution in [0.5, 0.6) is 0 Å². The molecule has 19 heavy (non-hydrogen) atoms. The number of carboxylic acids is 1. The normalized spacial score (nSPS) is 42.1. The van der Waals surface area contributed by atoms with Crippen LogP contribution in [0, 0.1) is 11.8 Å². The fraction of sp³-hybridized carbons (Fsp3) is 0.857. The third-order valence-corrected chi connectivity index (χ3v) is 4.65. The van der Waals surface area contributed by atoms with Crippen molar-refractivity contribution in [1.82, 2.24) is 0 Å². The second kappa shape index (κ2) is 5.21. The lowest BCUT2D eigenvalue weighted by Crippen LogP contribution is -2.33. The molecule has 0 unspecified atom stereocenters. The highest BCUT2D eigenvalue weighted by Gasteiger charge is 2.68. The number of aliphatic carboxylic acids is 1. The Morgan fingerprint density at radius 3 is 2.42 bits per heavy atom. The first-order chi connectivity index (χ1) is 9.22. The summed E-state index contributed by atoms with van der Waals surface area (Å²) in [6.07, 6.45) is 6.61. The van der Waals surface area contributed by atoms with Crippen LogP contribution in [0.15, 0.2) is 0 Å². The van der Waals surface area contributed by atoms with Crippen molar-refractivity contribution in [1.29, 1.82) is 0 Å². The molecule has 3 aliphatic rings. The number of carbonyl (C=O) groups is 2. The number of epoxide rings is 1. The summed E-state index contributed by atoms with van der Waals surface area (Å²) in [4.78, 5) is 21.6. The highest BCUT2D eigenvalue weighted by atomic mass is 16.7. The number of rotatable bonds is 8. The summed E-state index contributed by atoms with van der Waals surface area (Å²) in [5.41, 5.74) is 0. The van der Waals surface area contributed by atoms with E-state index in [4.69, 9.17) is 14.6 Å². The molecule has 3 heterocycles. The summed E-state index contributed by atoms with van der Waals surface area (Å²) in [7, 11) is 0. The van der Waals surface area contributed by atoms with Crippen LogP contribution in [-0.4, -0.2) is 41.8 Å². The van der Waals surface area contributed by atoms with E-state index >= 15 is 0 Å². The molecule has 1 N–H and O–H groups in total. The highest BCUT2D eigenvalue weighted by molar-refractivity contribution is 5.66. The number of hydrogen-bond acceptors (Lipinski definition) is 4. The van der Waals surface area contributed by atoms with Crippen molar-refractivity contribution in [3.63, 3.8) is 0 Å². The summed E-state index contributed by atoms with van der Waals surface area (Å²) in [5, 5.41) is 8.55. The molecule has 0 aliphatic carbocycles. The number of hydrogen-bond donors (Lipinski definition) is 1. The number of ether oxygens (including phenoxy) is 2. The van der Waals surface area contributed by atoms with Crippen LogP contribution in [0.25, 0.3) is 0 Å². The Balaban J connectivity index is 1.38. The number of carbonyl (C=O) groups excluding carboxylic acids is 1. The summed E-state index contributed by atoms with van der Waals surface area (Å²) in [6.45, 7) is 0. The Bertz CT molecular complexity index is 369. The summed E-state index contributed by atoms with van der Waals surface area (Å²) in [6, 6.07) is 0. The average molecular weight is 268 g/mol. The molecule has 0 amide bonds. The van der Waals surface area contributed by atoms with Gasteiger partial charge in [0.1, 0.15) is 18.5 Å². The van der Waals surface area contributed by atoms with Gasteiger partial charge in [-0.3, -0.25) is 4.79 Å². The van der Waals surface area contributed by atoms with E-state index in [2.05, 4.69) is 0 Å². The van der Waals surface area contributed by atoms with Crippen molar-refractivity contribution in [2.75, 3.05) is 0 Å². The number of aldehydes is 1.